The number of piperidine rings is 1. The smallest absolute Gasteiger partial charge is 0.191 e. The van der Waals surface area contributed by atoms with E-state index in [2.05, 4.69) is 46.5 Å². The van der Waals surface area contributed by atoms with Crippen LogP contribution in [0.15, 0.2) is 15.6 Å². The van der Waals surface area contributed by atoms with E-state index in [1.165, 1.54) is 0 Å². The summed E-state index contributed by atoms with van der Waals surface area (Å²) < 4.78 is 10.5. The third-order valence-corrected chi connectivity index (χ3v) is 4.66. The molecule has 2 heterocycles. The quantitative estimate of drug-likeness (QED) is 0.239. The van der Waals surface area contributed by atoms with E-state index < -0.39 is 0 Å². The number of likely N-dealkylation sites (tertiary alicyclic amines) is 1. The fraction of sp³-hybridized carbons (Fsp3) is 0.789. The van der Waals surface area contributed by atoms with E-state index >= 15 is 0 Å². The molecule has 1 saturated heterocycles. The molecule has 27 heavy (non-hydrogen) atoms. The van der Waals surface area contributed by atoms with Crippen LogP contribution in [-0.4, -0.2) is 62.0 Å². The van der Waals surface area contributed by atoms with Crippen molar-refractivity contribution in [1.29, 1.82) is 0 Å². The minimum atomic E-state index is 0. The van der Waals surface area contributed by atoms with Crippen LogP contribution >= 0.6 is 24.0 Å². The van der Waals surface area contributed by atoms with Crippen LogP contribution in [-0.2, 0) is 11.3 Å². The summed E-state index contributed by atoms with van der Waals surface area (Å²) in [5.74, 6) is 2.03. The van der Waals surface area contributed by atoms with Gasteiger partial charge in [-0.3, -0.25) is 0 Å². The van der Waals surface area contributed by atoms with Crippen LogP contribution in [0, 0.1) is 0 Å². The Labute approximate surface area is 180 Å². The molecule has 8 heteroatoms. The van der Waals surface area contributed by atoms with Crippen molar-refractivity contribution >= 4 is 29.9 Å². The zero-order valence-electron chi connectivity index (χ0n) is 17.2. The van der Waals surface area contributed by atoms with Crippen molar-refractivity contribution in [1.82, 2.24) is 20.7 Å². The minimum Gasteiger partial charge on any atom is -0.385 e. The van der Waals surface area contributed by atoms with E-state index in [4.69, 9.17) is 9.26 Å². The van der Waals surface area contributed by atoms with Gasteiger partial charge in [-0.15, -0.1) is 24.0 Å². The molecule has 0 saturated carbocycles. The summed E-state index contributed by atoms with van der Waals surface area (Å²) in [6, 6.07) is 2.46. The van der Waals surface area contributed by atoms with E-state index in [-0.39, 0.29) is 24.0 Å². The lowest BCUT2D eigenvalue weighted by Gasteiger charge is -2.33. The topological polar surface area (TPSA) is 74.9 Å². The van der Waals surface area contributed by atoms with Crippen molar-refractivity contribution in [3.63, 3.8) is 0 Å². The lowest BCUT2D eigenvalue weighted by Crippen LogP contribution is -2.48. The summed E-state index contributed by atoms with van der Waals surface area (Å²) >= 11 is 0. The van der Waals surface area contributed by atoms with Gasteiger partial charge in [-0.05, 0) is 32.1 Å². The van der Waals surface area contributed by atoms with E-state index in [0.717, 1.165) is 69.5 Å². The molecule has 1 aromatic heterocycles. The highest BCUT2D eigenvalue weighted by Gasteiger charge is 2.19. The first kappa shape index (κ1) is 24.2. The van der Waals surface area contributed by atoms with Crippen LogP contribution in [0.2, 0.25) is 0 Å². The van der Waals surface area contributed by atoms with Gasteiger partial charge in [0, 0.05) is 52.0 Å². The van der Waals surface area contributed by atoms with Crippen LogP contribution in [0.3, 0.4) is 0 Å². The van der Waals surface area contributed by atoms with Crippen molar-refractivity contribution in [2.45, 2.75) is 58.5 Å². The largest absolute Gasteiger partial charge is 0.385 e. The molecule has 0 radical (unpaired) electrons. The highest BCUT2D eigenvalue weighted by Crippen LogP contribution is 2.15. The standard InChI is InChI=1S/C19H35N5O2.HI/c1-5-20-19(21-14-17-13-18(15(2)3)23-26-17)22-16-7-10-24(11-8-16)9-6-12-25-4;/h13,15-16H,5-12,14H2,1-4H3,(H2,20,21,22);1H. The van der Waals surface area contributed by atoms with Crippen LogP contribution < -0.4 is 10.6 Å². The van der Waals surface area contributed by atoms with Crippen LogP contribution in [0.5, 0.6) is 0 Å². The lowest BCUT2D eigenvalue weighted by molar-refractivity contribution is 0.155. The molecule has 0 aliphatic carbocycles. The van der Waals surface area contributed by atoms with Gasteiger partial charge < -0.3 is 24.8 Å². The second kappa shape index (κ2) is 13.3. The van der Waals surface area contributed by atoms with Crippen LogP contribution in [0.1, 0.15) is 57.4 Å². The maximum atomic E-state index is 5.38. The maximum Gasteiger partial charge on any atom is 0.191 e. The van der Waals surface area contributed by atoms with Gasteiger partial charge >= 0.3 is 0 Å². The van der Waals surface area contributed by atoms with E-state index in [9.17, 15) is 0 Å². The first-order chi connectivity index (χ1) is 12.6. The fourth-order valence-electron chi connectivity index (χ4n) is 3.08. The van der Waals surface area contributed by atoms with E-state index in [1.807, 2.05) is 6.07 Å². The van der Waals surface area contributed by atoms with Gasteiger partial charge in [0.15, 0.2) is 11.7 Å². The Morgan fingerprint density at radius 2 is 2.15 bits per heavy atom. The number of nitrogens with one attached hydrogen (secondary N) is 2. The van der Waals surface area contributed by atoms with Crippen LogP contribution in [0.4, 0.5) is 0 Å². The first-order valence-corrected chi connectivity index (χ1v) is 9.84. The number of hydrogen-bond donors (Lipinski definition) is 2. The Morgan fingerprint density at radius 3 is 2.74 bits per heavy atom. The van der Waals surface area contributed by atoms with Crippen molar-refractivity contribution in [2.75, 3.05) is 39.9 Å². The lowest BCUT2D eigenvalue weighted by atomic mass is 10.1. The van der Waals surface area contributed by atoms with Crippen molar-refractivity contribution in [3.05, 3.63) is 17.5 Å². The predicted octanol–water partition coefficient (Wildman–Crippen LogP) is 2.97. The fourth-order valence-corrected chi connectivity index (χ4v) is 3.08. The maximum absolute atomic E-state index is 5.38. The number of hydrogen-bond acceptors (Lipinski definition) is 5. The number of halogens is 1. The number of aromatic nitrogens is 1. The molecule has 2 rings (SSSR count). The third kappa shape index (κ3) is 8.78. The number of ether oxygens (including phenoxy) is 1. The molecule has 0 unspecified atom stereocenters. The highest BCUT2D eigenvalue weighted by atomic mass is 127. The van der Waals surface area contributed by atoms with Gasteiger partial charge in [-0.1, -0.05) is 19.0 Å². The second-order valence-corrected chi connectivity index (χ2v) is 7.17. The molecule has 1 aliphatic heterocycles. The third-order valence-electron chi connectivity index (χ3n) is 4.66. The van der Waals surface area contributed by atoms with Gasteiger partial charge in [-0.2, -0.15) is 0 Å². The summed E-state index contributed by atoms with van der Waals surface area (Å²) in [6.45, 7) is 11.9. The monoisotopic (exact) mass is 493 g/mol. The molecular weight excluding hydrogens is 457 g/mol. The number of nitrogens with zero attached hydrogens (tertiary/aromatic N) is 3. The Bertz CT molecular complexity index is 542. The molecule has 1 fully saturated rings. The van der Waals surface area contributed by atoms with Gasteiger partial charge in [-0.25, -0.2) is 4.99 Å². The molecule has 7 nitrogen and oxygen atoms in total. The highest BCUT2D eigenvalue weighted by molar-refractivity contribution is 14.0. The molecule has 0 aromatic carbocycles. The van der Waals surface area contributed by atoms with E-state index in [1.54, 1.807) is 7.11 Å². The number of aliphatic imine (C=N–C) groups is 1. The molecule has 0 spiro atoms. The average Bonchev–Trinajstić information content (AvgIpc) is 3.11. The number of rotatable bonds is 9. The molecule has 0 atom stereocenters. The van der Waals surface area contributed by atoms with E-state index in [0.29, 0.717) is 18.5 Å². The summed E-state index contributed by atoms with van der Waals surface area (Å²) in [5, 5.41) is 11.0. The summed E-state index contributed by atoms with van der Waals surface area (Å²) in [5.41, 5.74) is 0.981. The van der Waals surface area contributed by atoms with Crippen LogP contribution in [0.25, 0.3) is 0 Å². The average molecular weight is 493 g/mol. The van der Waals surface area contributed by atoms with Crippen molar-refractivity contribution in [3.8, 4) is 0 Å². The molecule has 0 bridgehead atoms. The summed E-state index contributed by atoms with van der Waals surface area (Å²) in [6.07, 6.45) is 3.38. The predicted molar refractivity (Wildman–Crippen MR) is 120 cm³/mol. The zero-order valence-corrected chi connectivity index (χ0v) is 19.5. The zero-order chi connectivity index (χ0) is 18.8. The molecule has 1 aromatic rings. The van der Waals surface area contributed by atoms with Crippen molar-refractivity contribution < 1.29 is 9.26 Å². The summed E-state index contributed by atoms with van der Waals surface area (Å²) in [7, 11) is 1.76. The molecular formula is C19H36IN5O2. The first-order valence-electron chi connectivity index (χ1n) is 9.84. The minimum absolute atomic E-state index is 0. The van der Waals surface area contributed by atoms with Gasteiger partial charge in [0.1, 0.15) is 6.54 Å². The summed E-state index contributed by atoms with van der Waals surface area (Å²) in [4.78, 5) is 7.18. The number of guanidine groups is 1. The SMILES string of the molecule is CCNC(=NCc1cc(C(C)C)no1)NC1CCN(CCCOC)CC1.I. The normalized spacial score (nSPS) is 16.4. The molecule has 1 aliphatic rings. The molecule has 156 valence electrons. The molecule has 0 amide bonds. The Balaban J connectivity index is 0.00000364. The second-order valence-electron chi connectivity index (χ2n) is 7.17. The van der Waals surface area contributed by atoms with Gasteiger partial charge in [0.25, 0.3) is 0 Å². The Hall–Kier alpha value is -0.870. The van der Waals surface area contributed by atoms with Gasteiger partial charge in [0.05, 0.1) is 5.69 Å². The Kier molecular flexibility index (Phi) is 11.9. The molecule has 2 N–H and O–H groups in total. The Morgan fingerprint density at radius 1 is 1.41 bits per heavy atom. The number of methoxy groups -OCH3 is 1. The van der Waals surface area contributed by atoms with Gasteiger partial charge in [0.2, 0.25) is 0 Å². The van der Waals surface area contributed by atoms with Crippen molar-refractivity contribution in [2.24, 2.45) is 4.99 Å².